The number of para-hydroxylation sites is 1. The second-order valence-corrected chi connectivity index (χ2v) is 7.92. The van der Waals surface area contributed by atoms with E-state index in [-0.39, 0.29) is 30.9 Å². The summed E-state index contributed by atoms with van der Waals surface area (Å²) in [5.74, 6) is 1.11. The third kappa shape index (κ3) is 5.68. The first-order valence-corrected chi connectivity index (χ1v) is 10.5. The molecule has 1 saturated heterocycles. The fourth-order valence-electron chi connectivity index (χ4n) is 3.82. The summed E-state index contributed by atoms with van der Waals surface area (Å²) in [7, 11) is 4.90. The number of carbonyl (C=O) groups excluding carboxylic acids is 2. The number of hydrogen-bond acceptors (Lipinski definition) is 5. The van der Waals surface area contributed by atoms with E-state index in [9.17, 15) is 9.59 Å². The van der Waals surface area contributed by atoms with Gasteiger partial charge in [0.2, 0.25) is 11.8 Å². The zero-order valence-corrected chi connectivity index (χ0v) is 18.8. The molecule has 2 amide bonds. The number of likely N-dealkylation sites (N-methyl/N-ethyl adjacent to an activating group) is 1. The molecule has 1 aliphatic rings. The Hall–Kier alpha value is -2.77. The summed E-state index contributed by atoms with van der Waals surface area (Å²) < 4.78 is 10.9. The number of anilines is 1. The Labute approximate surface area is 187 Å². The summed E-state index contributed by atoms with van der Waals surface area (Å²) in [5.41, 5.74) is 1.53. The first kappa shape index (κ1) is 22.9. The van der Waals surface area contributed by atoms with Gasteiger partial charge >= 0.3 is 0 Å². The molecule has 2 aromatic carbocycles. The predicted molar refractivity (Wildman–Crippen MR) is 121 cm³/mol. The Morgan fingerprint density at radius 1 is 1.19 bits per heavy atom. The molecule has 1 fully saturated rings. The summed E-state index contributed by atoms with van der Waals surface area (Å²) in [6, 6.07) is 12.8. The molecule has 31 heavy (non-hydrogen) atoms. The molecule has 7 nitrogen and oxygen atoms in total. The molecule has 1 N–H and O–H groups in total. The Morgan fingerprint density at radius 2 is 1.97 bits per heavy atom. The standard InChI is InChI=1S/C23H28ClN3O4/c1-26(14-22(28)25-19-8-5-4-7-18(19)24)23(29)15-27-12-6-9-20(27)17-13-16(30-2)10-11-21(17)31-3/h4-5,7-8,10-11,13,20H,6,9,12,14-15H2,1-3H3,(H,25,28). The van der Waals surface area contributed by atoms with Gasteiger partial charge < -0.3 is 19.7 Å². The van der Waals surface area contributed by atoms with Crippen LogP contribution in [0.3, 0.4) is 0 Å². The molecule has 0 saturated carbocycles. The maximum absolute atomic E-state index is 12.8. The van der Waals surface area contributed by atoms with Crippen molar-refractivity contribution in [2.45, 2.75) is 18.9 Å². The summed E-state index contributed by atoms with van der Waals surface area (Å²) in [4.78, 5) is 28.7. The third-order valence-corrected chi connectivity index (χ3v) is 5.78. The van der Waals surface area contributed by atoms with Crippen LogP contribution in [0.2, 0.25) is 5.02 Å². The normalized spacial score (nSPS) is 16.1. The van der Waals surface area contributed by atoms with E-state index in [1.807, 2.05) is 18.2 Å². The van der Waals surface area contributed by atoms with Gasteiger partial charge in [0.15, 0.2) is 0 Å². The number of amides is 2. The van der Waals surface area contributed by atoms with E-state index in [4.69, 9.17) is 21.1 Å². The monoisotopic (exact) mass is 445 g/mol. The van der Waals surface area contributed by atoms with Gasteiger partial charge in [0.05, 0.1) is 38.0 Å². The molecule has 1 heterocycles. The van der Waals surface area contributed by atoms with Gasteiger partial charge in [0.25, 0.3) is 0 Å². The number of likely N-dealkylation sites (tertiary alicyclic amines) is 1. The summed E-state index contributed by atoms with van der Waals surface area (Å²) in [5, 5.41) is 3.20. The molecule has 3 rings (SSSR count). The number of hydrogen-bond donors (Lipinski definition) is 1. The van der Waals surface area contributed by atoms with Crippen LogP contribution in [-0.2, 0) is 9.59 Å². The molecule has 2 aromatic rings. The van der Waals surface area contributed by atoms with Crippen LogP contribution in [0.15, 0.2) is 42.5 Å². The van der Waals surface area contributed by atoms with E-state index in [0.29, 0.717) is 10.7 Å². The molecule has 0 bridgehead atoms. The highest BCUT2D eigenvalue weighted by molar-refractivity contribution is 6.33. The number of rotatable bonds is 8. The molecule has 8 heteroatoms. The van der Waals surface area contributed by atoms with E-state index in [2.05, 4.69) is 10.2 Å². The second-order valence-electron chi connectivity index (χ2n) is 7.51. The summed E-state index contributed by atoms with van der Waals surface area (Å²) in [6.07, 6.45) is 1.91. The molecule has 1 unspecified atom stereocenters. The minimum Gasteiger partial charge on any atom is -0.497 e. The molecule has 166 valence electrons. The number of methoxy groups -OCH3 is 2. The van der Waals surface area contributed by atoms with Gasteiger partial charge in [0, 0.05) is 18.7 Å². The average Bonchev–Trinajstić information content (AvgIpc) is 3.22. The van der Waals surface area contributed by atoms with Gasteiger partial charge in [-0.15, -0.1) is 0 Å². The highest BCUT2D eigenvalue weighted by atomic mass is 35.5. The molecule has 1 aliphatic heterocycles. The van der Waals surface area contributed by atoms with Gasteiger partial charge in [-0.2, -0.15) is 0 Å². The molecule has 0 radical (unpaired) electrons. The SMILES string of the molecule is COc1ccc(OC)c(C2CCCN2CC(=O)N(C)CC(=O)Nc2ccccc2Cl)c1. The van der Waals surface area contributed by atoms with Gasteiger partial charge in [-0.25, -0.2) is 0 Å². The average molecular weight is 446 g/mol. The Kier molecular flexibility index (Phi) is 7.76. The predicted octanol–water partition coefficient (Wildman–Crippen LogP) is 3.59. The molecule has 1 atom stereocenters. The van der Waals surface area contributed by atoms with Crippen molar-refractivity contribution in [2.24, 2.45) is 0 Å². The van der Waals surface area contributed by atoms with E-state index in [1.165, 1.54) is 4.90 Å². The lowest BCUT2D eigenvalue weighted by molar-refractivity contribution is -0.134. The molecule has 0 aliphatic carbocycles. The number of ether oxygens (including phenoxy) is 2. The second kappa shape index (κ2) is 10.5. The highest BCUT2D eigenvalue weighted by Gasteiger charge is 2.31. The lowest BCUT2D eigenvalue weighted by atomic mass is 10.0. The third-order valence-electron chi connectivity index (χ3n) is 5.45. The van der Waals surface area contributed by atoms with Crippen molar-refractivity contribution in [1.29, 1.82) is 0 Å². The van der Waals surface area contributed by atoms with Crippen molar-refractivity contribution in [2.75, 3.05) is 46.2 Å². The van der Waals surface area contributed by atoms with Crippen LogP contribution in [0.5, 0.6) is 11.5 Å². The van der Waals surface area contributed by atoms with E-state index in [0.717, 1.165) is 36.4 Å². The fourth-order valence-corrected chi connectivity index (χ4v) is 4.00. The lowest BCUT2D eigenvalue weighted by Crippen LogP contribution is -2.41. The number of carbonyl (C=O) groups is 2. The Bertz CT molecular complexity index is 937. The largest absolute Gasteiger partial charge is 0.497 e. The van der Waals surface area contributed by atoms with Crippen molar-refractivity contribution in [1.82, 2.24) is 9.80 Å². The van der Waals surface area contributed by atoms with Crippen LogP contribution in [0.25, 0.3) is 0 Å². The minimum absolute atomic E-state index is 0.0506. The first-order chi connectivity index (χ1) is 14.9. The Morgan fingerprint density at radius 3 is 2.68 bits per heavy atom. The lowest BCUT2D eigenvalue weighted by Gasteiger charge is -2.28. The maximum Gasteiger partial charge on any atom is 0.244 e. The fraction of sp³-hybridized carbons (Fsp3) is 0.391. The van der Waals surface area contributed by atoms with Crippen molar-refractivity contribution in [3.63, 3.8) is 0 Å². The van der Waals surface area contributed by atoms with E-state index < -0.39 is 0 Å². The van der Waals surface area contributed by atoms with E-state index >= 15 is 0 Å². The van der Waals surface area contributed by atoms with Crippen molar-refractivity contribution in [3.05, 3.63) is 53.1 Å². The number of halogens is 1. The zero-order chi connectivity index (χ0) is 22.4. The van der Waals surface area contributed by atoms with Crippen LogP contribution < -0.4 is 14.8 Å². The van der Waals surface area contributed by atoms with Crippen molar-refractivity contribution < 1.29 is 19.1 Å². The smallest absolute Gasteiger partial charge is 0.244 e. The minimum atomic E-state index is -0.295. The van der Waals surface area contributed by atoms with Crippen LogP contribution >= 0.6 is 11.6 Å². The maximum atomic E-state index is 12.8. The molecule has 0 aromatic heterocycles. The molecular formula is C23H28ClN3O4. The van der Waals surface area contributed by atoms with Crippen LogP contribution in [0, 0.1) is 0 Å². The van der Waals surface area contributed by atoms with Gasteiger partial charge in [-0.3, -0.25) is 14.5 Å². The number of nitrogens with zero attached hydrogens (tertiary/aromatic N) is 2. The summed E-state index contributed by atoms with van der Waals surface area (Å²) in [6.45, 7) is 0.975. The molecule has 0 spiro atoms. The van der Waals surface area contributed by atoms with Crippen LogP contribution in [0.1, 0.15) is 24.4 Å². The van der Waals surface area contributed by atoms with Crippen LogP contribution in [0.4, 0.5) is 5.69 Å². The van der Waals surface area contributed by atoms with E-state index in [1.54, 1.807) is 45.5 Å². The highest BCUT2D eigenvalue weighted by Crippen LogP contribution is 2.38. The number of benzene rings is 2. The zero-order valence-electron chi connectivity index (χ0n) is 18.1. The van der Waals surface area contributed by atoms with Gasteiger partial charge in [-0.05, 0) is 49.7 Å². The topological polar surface area (TPSA) is 71.1 Å². The first-order valence-electron chi connectivity index (χ1n) is 10.2. The quantitative estimate of drug-likeness (QED) is 0.672. The van der Waals surface area contributed by atoms with Gasteiger partial charge in [0.1, 0.15) is 11.5 Å². The summed E-state index contributed by atoms with van der Waals surface area (Å²) >= 11 is 6.08. The Balaban J connectivity index is 1.62. The number of nitrogens with one attached hydrogen (secondary N) is 1. The van der Waals surface area contributed by atoms with Crippen molar-refractivity contribution in [3.8, 4) is 11.5 Å². The van der Waals surface area contributed by atoms with Crippen molar-refractivity contribution >= 4 is 29.1 Å². The van der Waals surface area contributed by atoms with Crippen LogP contribution in [-0.4, -0.2) is 62.5 Å². The molecular weight excluding hydrogens is 418 g/mol. The van der Waals surface area contributed by atoms with Gasteiger partial charge in [-0.1, -0.05) is 23.7 Å².